The van der Waals surface area contributed by atoms with Gasteiger partial charge in [-0.2, -0.15) is 11.8 Å². The van der Waals surface area contributed by atoms with Gasteiger partial charge in [-0.05, 0) is 30.5 Å². The molecule has 0 saturated carbocycles. The minimum atomic E-state index is -0.0279. The highest BCUT2D eigenvalue weighted by Gasteiger charge is 2.33. The molecular weight excluding hydrogens is 328 g/mol. The fourth-order valence-corrected chi connectivity index (χ4v) is 2.61. The van der Waals surface area contributed by atoms with Crippen LogP contribution in [0.25, 0.3) is 0 Å². The number of carbonyl (C=O) groups is 2. The molecule has 0 spiro atoms. The first kappa shape index (κ1) is 14.4. The van der Waals surface area contributed by atoms with Crippen LogP contribution in [0, 0.1) is 0 Å². The van der Waals surface area contributed by atoms with Gasteiger partial charge in [0.1, 0.15) is 0 Å². The molecule has 1 fully saturated rings. The molecule has 0 radical (unpaired) electrons. The van der Waals surface area contributed by atoms with E-state index in [1.165, 1.54) is 5.01 Å². The Kier molecular flexibility index (Phi) is 4.87. The van der Waals surface area contributed by atoms with E-state index in [4.69, 9.17) is 0 Å². The van der Waals surface area contributed by atoms with Crippen molar-refractivity contribution in [3.05, 3.63) is 28.7 Å². The molecule has 0 aromatic heterocycles. The van der Waals surface area contributed by atoms with Gasteiger partial charge in [0.15, 0.2) is 0 Å². The van der Waals surface area contributed by atoms with Gasteiger partial charge in [-0.15, -0.1) is 0 Å². The molecule has 0 aliphatic carbocycles. The van der Waals surface area contributed by atoms with Crippen molar-refractivity contribution in [3.8, 4) is 0 Å². The number of hydrogen-bond acceptors (Lipinski definition) is 3. The van der Waals surface area contributed by atoms with Crippen LogP contribution in [-0.2, 0) is 9.59 Å². The molecule has 4 nitrogen and oxygen atoms in total. The Morgan fingerprint density at radius 2 is 2.05 bits per heavy atom. The van der Waals surface area contributed by atoms with Gasteiger partial charge in [-0.1, -0.05) is 15.9 Å². The van der Waals surface area contributed by atoms with E-state index >= 15 is 0 Å². The van der Waals surface area contributed by atoms with E-state index in [0.29, 0.717) is 19.4 Å². The van der Waals surface area contributed by atoms with Gasteiger partial charge in [0.25, 0.3) is 0 Å². The maximum absolute atomic E-state index is 12.1. The predicted molar refractivity (Wildman–Crippen MR) is 81.0 cm³/mol. The van der Waals surface area contributed by atoms with Gasteiger partial charge in [-0.3, -0.25) is 9.59 Å². The highest BCUT2D eigenvalue weighted by atomic mass is 79.9. The number of thioether (sulfide) groups is 1. The molecule has 6 heteroatoms. The van der Waals surface area contributed by atoms with Crippen LogP contribution in [-0.4, -0.2) is 35.4 Å². The molecule has 1 saturated heterocycles. The Morgan fingerprint density at radius 1 is 1.37 bits per heavy atom. The lowest BCUT2D eigenvalue weighted by Gasteiger charge is -2.27. The first-order chi connectivity index (χ1) is 9.13. The Hall–Kier alpha value is -1.01. The van der Waals surface area contributed by atoms with E-state index < -0.39 is 0 Å². The van der Waals surface area contributed by atoms with Crippen molar-refractivity contribution in [3.63, 3.8) is 0 Å². The summed E-state index contributed by atoms with van der Waals surface area (Å²) in [7, 11) is 0. The number of hydrogen-bond donors (Lipinski definition) is 0. The molecule has 1 aliphatic heterocycles. The summed E-state index contributed by atoms with van der Waals surface area (Å²) in [6, 6.07) is 7.40. The first-order valence-corrected chi connectivity index (χ1v) is 8.20. The van der Waals surface area contributed by atoms with Gasteiger partial charge in [0.05, 0.1) is 12.2 Å². The molecule has 102 valence electrons. The van der Waals surface area contributed by atoms with Crippen molar-refractivity contribution < 1.29 is 9.59 Å². The topological polar surface area (TPSA) is 40.6 Å². The van der Waals surface area contributed by atoms with Crippen molar-refractivity contribution >= 4 is 45.2 Å². The molecule has 1 aromatic carbocycles. The van der Waals surface area contributed by atoms with E-state index in [2.05, 4.69) is 15.9 Å². The summed E-state index contributed by atoms with van der Waals surface area (Å²) in [5.74, 6) is 0.750. The number of anilines is 1. The average molecular weight is 343 g/mol. The van der Waals surface area contributed by atoms with Crippen LogP contribution >= 0.6 is 27.7 Å². The fraction of sp³-hybridized carbons (Fsp3) is 0.385. The molecule has 2 amide bonds. The zero-order valence-corrected chi connectivity index (χ0v) is 13.0. The molecule has 2 rings (SSSR count). The zero-order chi connectivity index (χ0) is 13.8. The highest BCUT2D eigenvalue weighted by Crippen LogP contribution is 2.25. The molecule has 1 heterocycles. The number of hydrazine groups is 1. The maximum Gasteiger partial charge on any atom is 0.247 e. The minimum Gasteiger partial charge on any atom is -0.273 e. The molecule has 0 atom stereocenters. The Labute approximate surface area is 125 Å². The second-order valence-electron chi connectivity index (χ2n) is 4.19. The quantitative estimate of drug-likeness (QED) is 0.844. The summed E-state index contributed by atoms with van der Waals surface area (Å²) in [6.07, 6.45) is 2.82. The SMILES string of the molecule is CSCCC(=O)N1CCC(=O)N1c1ccc(Br)cc1. The van der Waals surface area contributed by atoms with Crippen LogP contribution in [0.5, 0.6) is 0 Å². The standard InChI is InChI=1S/C13H15BrN2O2S/c1-19-9-7-12(17)15-8-6-13(18)16(15)11-4-2-10(14)3-5-11/h2-5H,6-9H2,1H3. The summed E-state index contributed by atoms with van der Waals surface area (Å²) >= 11 is 4.99. The monoisotopic (exact) mass is 342 g/mol. The van der Waals surface area contributed by atoms with E-state index in [1.54, 1.807) is 16.8 Å². The van der Waals surface area contributed by atoms with Crippen molar-refractivity contribution in [1.29, 1.82) is 0 Å². The Balaban J connectivity index is 2.17. The summed E-state index contributed by atoms with van der Waals surface area (Å²) in [4.78, 5) is 24.1. The molecule has 0 N–H and O–H groups in total. The number of carbonyl (C=O) groups excluding carboxylic acids is 2. The van der Waals surface area contributed by atoms with Gasteiger partial charge >= 0.3 is 0 Å². The van der Waals surface area contributed by atoms with Crippen molar-refractivity contribution in [2.75, 3.05) is 23.6 Å². The predicted octanol–water partition coefficient (Wildman–Crippen LogP) is 2.68. The summed E-state index contributed by atoms with van der Waals surface area (Å²) < 4.78 is 0.947. The van der Waals surface area contributed by atoms with E-state index in [9.17, 15) is 9.59 Å². The summed E-state index contributed by atoms with van der Waals surface area (Å²) in [6.45, 7) is 0.474. The smallest absolute Gasteiger partial charge is 0.247 e. The Morgan fingerprint density at radius 3 is 2.68 bits per heavy atom. The van der Waals surface area contributed by atoms with Gasteiger partial charge in [-0.25, -0.2) is 10.0 Å². The van der Waals surface area contributed by atoms with Crippen LogP contribution < -0.4 is 5.01 Å². The molecule has 1 aliphatic rings. The highest BCUT2D eigenvalue weighted by molar-refractivity contribution is 9.10. The molecule has 0 unspecified atom stereocenters. The zero-order valence-electron chi connectivity index (χ0n) is 10.6. The van der Waals surface area contributed by atoms with Gasteiger partial charge in [0.2, 0.25) is 11.8 Å². The minimum absolute atomic E-state index is 0.00289. The van der Waals surface area contributed by atoms with E-state index in [-0.39, 0.29) is 11.8 Å². The van der Waals surface area contributed by atoms with Crippen LogP contribution in [0.3, 0.4) is 0 Å². The number of benzene rings is 1. The normalized spacial score (nSPS) is 15.2. The third-order valence-corrected chi connectivity index (χ3v) is 4.04. The Bertz CT molecular complexity index is 478. The number of halogens is 1. The summed E-state index contributed by atoms with van der Waals surface area (Å²) in [5, 5.41) is 3.05. The average Bonchev–Trinajstić information content (AvgIpc) is 2.79. The summed E-state index contributed by atoms with van der Waals surface area (Å²) in [5.41, 5.74) is 0.739. The van der Waals surface area contributed by atoms with Gasteiger partial charge in [0, 0.05) is 23.1 Å². The number of amides is 2. The number of rotatable bonds is 4. The van der Waals surface area contributed by atoms with E-state index in [1.807, 2.05) is 30.5 Å². The lowest BCUT2D eigenvalue weighted by Crippen LogP contribution is -2.43. The van der Waals surface area contributed by atoms with Crippen molar-refractivity contribution in [1.82, 2.24) is 5.01 Å². The second kappa shape index (κ2) is 6.43. The first-order valence-electron chi connectivity index (χ1n) is 6.01. The third-order valence-electron chi connectivity index (χ3n) is 2.89. The van der Waals surface area contributed by atoms with Crippen LogP contribution in [0.4, 0.5) is 5.69 Å². The fourth-order valence-electron chi connectivity index (χ4n) is 1.96. The third kappa shape index (κ3) is 3.30. The van der Waals surface area contributed by atoms with Crippen LogP contribution in [0.15, 0.2) is 28.7 Å². The molecular formula is C13H15BrN2O2S. The van der Waals surface area contributed by atoms with Crippen LogP contribution in [0.1, 0.15) is 12.8 Å². The second-order valence-corrected chi connectivity index (χ2v) is 6.09. The van der Waals surface area contributed by atoms with E-state index in [0.717, 1.165) is 15.9 Å². The number of nitrogens with zero attached hydrogens (tertiary/aromatic N) is 2. The van der Waals surface area contributed by atoms with Crippen LogP contribution in [0.2, 0.25) is 0 Å². The molecule has 1 aromatic rings. The molecule has 0 bridgehead atoms. The van der Waals surface area contributed by atoms with Crippen molar-refractivity contribution in [2.24, 2.45) is 0 Å². The lowest BCUT2D eigenvalue weighted by molar-refractivity contribution is -0.132. The molecule has 19 heavy (non-hydrogen) atoms. The lowest BCUT2D eigenvalue weighted by atomic mass is 10.3. The van der Waals surface area contributed by atoms with Crippen molar-refractivity contribution in [2.45, 2.75) is 12.8 Å². The van der Waals surface area contributed by atoms with Gasteiger partial charge < -0.3 is 0 Å². The maximum atomic E-state index is 12.1. The largest absolute Gasteiger partial charge is 0.273 e.